The van der Waals surface area contributed by atoms with Gasteiger partial charge in [0.15, 0.2) is 5.76 Å². The maximum atomic E-state index is 13.5. The Labute approximate surface area is 201 Å². The molecule has 0 radical (unpaired) electrons. The maximum absolute atomic E-state index is 13.5. The van der Waals surface area contributed by atoms with Gasteiger partial charge in [0.05, 0.1) is 36.7 Å². The summed E-state index contributed by atoms with van der Waals surface area (Å²) in [4.78, 5) is 20.2. The molecule has 0 unspecified atom stereocenters. The number of benzene rings is 3. The molecular formula is C27H24N4O4. The smallest absolute Gasteiger partial charge is 0.282 e. The molecule has 5 rings (SSSR count). The summed E-state index contributed by atoms with van der Waals surface area (Å²) in [6.07, 6.45) is 1.59. The molecule has 8 nitrogen and oxygen atoms in total. The van der Waals surface area contributed by atoms with Crippen LogP contribution in [-0.2, 0) is 0 Å². The molecule has 0 N–H and O–H groups in total. The molecule has 35 heavy (non-hydrogen) atoms. The van der Waals surface area contributed by atoms with Crippen LogP contribution in [0.2, 0.25) is 0 Å². The van der Waals surface area contributed by atoms with Gasteiger partial charge in [-0.05, 0) is 42.5 Å². The van der Waals surface area contributed by atoms with E-state index >= 15 is 0 Å². The monoisotopic (exact) mass is 468 g/mol. The van der Waals surface area contributed by atoms with Gasteiger partial charge in [-0.3, -0.25) is 4.79 Å². The highest BCUT2D eigenvalue weighted by molar-refractivity contribution is 5.89. The van der Waals surface area contributed by atoms with Crippen LogP contribution in [0.4, 0.5) is 5.69 Å². The van der Waals surface area contributed by atoms with Crippen molar-refractivity contribution >= 4 is 33.8 Å². The summed E-state index contributed by atoms with van der Waals surface area (Å²) >= 11 is 0. The Balaban J connectivity index is 1.71. The van der Waals surface area contributed by atoms with Gasteiger partial charge in [0.2, 0.25) is 5.82 Å². The Kier molecular flexibility index (Phi) is 5.70. The van der Waals surface area contributed by atoms with Crippen LogP contribution < -0.4 is 19.9 Å². The number of aromatic nitrogens is 2. The summed E-state index contributed by atoms with van der Waals surface area (Å²) < 4.78 is 18.3. The number of nitrogens with zero attached hydrogens (tertiary/aromatic N) is 4. The van der Waals surface area contributed by atoms with Gasteiger partial charge in [0, 0.05) is 31.4 Å². The van der Waals surface area contributed by atoms with Crippen LogP contribution in [0, 0.1) is 0 Å². The fourth-order valence-corrected chi connectivity index (χ4v) is 3.92. The lowest BCUT2D eigenvalue weighted by Gasteiger charge is -2.14. The number of furan rings is 1. The van der Waals surface area contributed by atoms with Crippen LogP contribution in [0.15, 0.2) is 81.0 Å². The van der Waals surface area contributed by atoms with E-state index < -0.39 is 0 Å². The number of hydrogen-bond acceptors (Lipinski definition) is 7. The molecule has 0 amide bonds. The lowest BCUT2D eigenvalue weighted by Crippen LogP contribution is -2.20. The van der Waals surface area contributed by atoms with Crippen molar-refractivity contribution < 1.29 is 13.9 Å². The maximum Gasteiger partial charge on any atom is 0.282 e. The Morgan fingerprint density at radius 2 is 1.74 bits per heavy atom. The van der Waals surface area contributed by atoms with Crippen LogP contribution in [-0.4, -0.2) is 44.2 Å². The fraction of sp³-hybridized carbons (Fsp3) is 0.148. The lowest BCUT2D eigenvalue weighted by molar-refractivity contribution is 0.414. The minimum absolute atomic E-state index is 0.284. The summed E-state index contributed by atoms with van der Waals surface area (Å²) in [6.45, 7) is 0. The van der Waals surface area contributed by atoms with Crippen molar-refractivity contribution in [1.82, 2.24) is 9.66 Å². The molecule has 3 aromatic carbocycles. The van der Waals surface area contributed by atoms with Crippen molar-refractivity contribution in [3.8, 4) is 23.1 Å². The first-order chi connectivity index (χ1) is 17.0. The highest BCUT2D eigenvalue weighted by Crippen LogP contribution is 2.33. The predicted octanol–water partition coefficient (Wildman–Crippen LogP) is 4.78. The molecule has 2 heterocycles. The van der Waals surface area contributed by atoms with Crippen molar-refractivity contribution in [1.29, 1.82) is 0 Å². The van der Waals surface area contributed by atoms with Crippen LogP contribution in [0.25, 0.3) is 33.5 Å². The highest BCUT2D eigenvalue weighted by Gasteiger charge is 2.18. The van der Waals surface area contributed by atoms with E-state index in [-0.39, 0.29) is 11.4 Å². The standard InChI is InChI=1S/C27H24N4O4/c1-30(2)18-13-12-17(24(14-18)34-4)16-28-31-26(29-21-9-6-5-8-19(21)27(31)32)25-15-20-22(33-3)10-7-11-23(20)35-25/h5-16H,1-4H3. The highest BCUT2D eigenvalue weighted by atomic mass is 16.5. The molecule has 0 bridgehead atoms. The van der Waals surface area contributed by atoms with E-state index in [9.17, 15) is 4.79 Å². The Morgan fingerprint density at radius 3 is 2.51 bits per heavy atom. The van der Waals surface area contributed by atoms with Gasteiger partial charge < -0.3 is 18.8 Å². The van der Waals surface area contributed by atoms with Crippen molar-refractivity contribution in [3.63, 3.8) is 0 Å². The Hall–Kier alpha value is -4.59. The first-order valence-corrected chi connectivity index (χ1v) is 11.0. The lowest BCUT2D eigenvalue weighted by atomic mass is 10.2. The second-order valence-electron chi connectivity index (χ2n) is 8.12. The average molecular weight is 469 g/mol. The number of ether oxygens (including phenoxy) is 2. The number of fused-ring (bicyclic) bond motifs is 2. The second-order valence-corrected chi connectivity index (χ2v) is 8.12. The molecular weight excluding hydrogens is 444 g/mol. The van der Waals surface area contributed by atoms with E-state index in [0.29, 0.717) is 33.7 Å². The second kappa shape index (κ2) is 8.98. The molecule has 8 heteroatoms. The Bertz CT molecular complexity index is 1630. The third-order valence-electron chi connectivity index (χ3n) is 5.76. The zero-order chi connectivity index (χ0) is 24.5. The van der Waals surface area contributed by atoms with Crippen molar-refractivity contribution in [3.05, 3.63) is 82.6 Å². The minimum Gasteiger partial charge on any atom is -0.496 e. The topological polar surface area (TPSA) is 82.1 Å². The third kappa shape index (κ3) is 3.99. The average Bonchev–Trinajstić information content (AvgIpc) is 3.32. The number of anilines is 1. The van der Waals surface area contributed by atoms with Crippen LogP contribution in [0.3, 0.4) is 0 Å². The number of hydrogen-bond donors (Lipinski definition) is 0. The van der Waals surface area contributed by atoms with Crippen molar-refractivity contribution in [2.24, 2.45) is 5.10 Å². The van der Waals surface area contributed by atoms with E-state index in [2.05, 4.69) is 5.10 Å². The summed E-state index contributed by atoms with van der Waals surface area (Å²) in [5, 5.41) is 5.77. The van der Waals surface area contributed by atoms with E-state index in [1.807, 2.05) is 67.5 Å². The fourth-order valence-electron chi connectivity index (χ4n) is 3.92. The van der Waals surface area contributed by atoms with Gasteiger partial charge in [-0.2, -0.15) is 9.78 Å². The van der Waals surface area contributed by atoms with Crippen molar-refractivity contribution in [2.45, 2.75) is 0 Å². The first kappa shape index (κ1) is 22.2. The molecule has 0 fully saturated rings. The predicted molar refractivity (Wildman–Crippen MR) is 138 cm³/mol. The molecule has 2 aromatic heterocycles. The van der Waals surface area contributed by atoms with Crippen molar-refractivity contribution in [2.75, 3.05) is 33.2 Å². The van der Waals surface area contributed by atoms with Gasteiger partial charge in [-0.1, -0.05) is 18.2 Å². The number of methoxy groups -OCH3 is 2. The van der Waals surface area contributed by atoms with E-state index in [0.717, 1.165) is 16.6 Å². The minimum atomic E-state index is -0.307. The number of para-hydroxylation sites is 1. The normalized spacial score (nSPS) is 11.4. The zero-order valence-corrected chi connectivity index (χ0v) is 19.9. The van der Waals surface area contributed by atoms with Gasteiger partial charge in [0.1, 0.15) is 17.1 Å². The quantitative estimate of drug-likeness (QED) is 0.334. The molecule has 0 spiro atoms. The van der Waals surface area contributed by atoms with Crippen LogP contribution in [0.1, 0.15) is 5.56 Å². The first-order valence-electron chi connectivity index (χ1n) is 11.0. The van der Waals surface area contributed by atoms with E-state index in [1.165, 1.54) is 4.68 Å². The molecule has 0 atom stereocenters. The summed E-state index contributed by atoms with van der Waals surface area (Å²) in [5.41, 5.74) is 2.58. The Morgan fingerprint density at radius 1 is 0.943 bits per heavy atom. The zero-order valence-electron chi connectivity index (χ0n) is 19.9. The molecule has 5 aromatic rings. The van der Waals surface area contributed by atoms with Crippen LogP contribution >= 0.6 is 0 Å². The summed E-state index contributed by atoms with van der Waals surface area (Å²) in [5.74, 6) is 1.99. The van der Waals surface area contributed by atoms with E-state index in [4.69, 9.17) is 18.9 Å². The van der Waals surface area contributed by atoms with Gasteiger partial charge in [-0.15, -0.1) is 0 Å². The molecule has 176 valence electrons. The van der Waals surface area contributed by atoms with Gasteiger partial charge in [0.25, 0.3) is 5.56 Å². The SMILES string of the molecule is COc1cc(N(C)C)ccc1C=Nn1c(-c2cc3c(OC)cccc3o2)nc2ccccc2c1=O. The van der Waals surface area contributed by atoms with E-state index in [1.54, 1.807) is 38.6 Å². The molecule has 0 aliphatic rings. The summed E-state index contributed by atoms with van der Waals surface area (Å²) in [7, 11) is 7.11. The number of rotatable bonds is 6. The molecule has 0 saturated carbocycles. The third-order valence-corrected chi connectivity index (χ3v) is 5.76. The van der Waals surface area contributed by atoms with Gasteiger partial charge in [-0.25, -0.2) is 4.98 Å². The summed E-state index contributed by atoms with van der Waals surface area (Å²) in [6, 6.07) is 20.3. The molecule has 0 aliphatic carbocycles. The molecule has 0 aliphatic heterocycles. The van der Waals surface area contributed by atoms with Crippen LogP contribution in [0.5, 0.6) is 11.5 Å². The largest absolute Gasteiger partial charge is 0.496 e. The van der Waals surface area contributed by atoms with Gasteiger partial charge >= 0.3 is 0 Å². The molecule has 0 saturated heterocycles.